The van der Waals surface area contributed by atoms with E-state index in [4.69, 9.17) is 0 Å². The fraction of sp³-hybridized carbons (Fsp3) is 0.450. The molecule has 4 aliphatic rings. The molecular weight excluding hydrogens is 320 g/mol. The second-order valence-electron chi connectivity index (χ2n) is 7.87. The number of para-hydroxylation sites is 1. The number of nitrogens with one attached hydrogen (secondary N) is 1. The number of hydrogen-bond acceptors (Lipinski definition) is 2. The third-order valence-corrected chi connectivity index (χ3v) is 7.06. The van der Waals surface area contributed by atoms with Crippen molar-refractivity contribution in [3.8, 4) is 0 Å². The van der Waals surface area contributed by atoms with E-state index in [0.717, 1.165) is 35.7 Å². The maximum atomic E-state index is 12.0. The van der Waals surface area contributed by atoms with Crippen LogP contribution in [0.2, 0.25) is 0 Å². The van der Waals surface area contributed by atoms with Crippen LogP contribution in [-0.2, 0) is 10.2 Å². The number of allylic oxidation sites excluding steroid dienone is 2. The highest BCUT2D eigenvalue weighted by Crippen LogP contribution is 2.62. The lowest BCUT2D eigenvalue weighted by Crippen LogP contribution is -3.00. The number of aldehydes is 1. The average molecular weight is 343 g/mol. The van der Waals surface area contributed by atoms with Gasteiger partial charge in [0.25, 0.3) is 0 Å². The van der Waals surface area contributed by atoms with Crippen molar-refractivity contribution in [1.82, 2.24) is 0 Å². The molecular formula is C20H23ClN2O. The summed E-state index contributed by atoms with van der Waals surface area (Å²) in [6, 6.07) is 9.27. The van der Waals surface area contributed by atoms with E-state index in [9.17, 15) is 4.79 Å². The second kappa shape index (κ2) is 4.96. The number of likely N-dealkylation sites (N-methyl/N-ethyl adjacent to an activating group) is 1. The highest BCUT2D eigenvalue weighted by molar-refractivity contribution is 5.84. The molecule has 1 aromatic rings. The fourth-order valence-electron chi connectivity index (χ4n) is 6.07. The summed E-state index contributed by atoms with van der Waals surface area (Å²) in [5, 5.41) is 3.66. The van der Waals surface area contributed by atoms with E-state index >= 15 is 0 Å². The van der Waals surface area contributed by atoms with Gasteiger partial charge in [-0.2, -0.15) is 0 Å². The molecule has 0 aromatic heterocycles. The van der Waals surface area contributed by atoms with Crippen LogP contribution in [0.3, 0.4) is 0 Å². The predicted octanol–water partition coefficient (Wildman–Crippen LogP) is 0.00560. The zero-order valence-electron chi connectivity index (χ0n) is 14.2. The van der Waals surface area contributed by atoms with Crippen LogP contribution < -0.4 is 17.7 Å². The lowest BCUT2D eigenvalue weighted by atomic mass is 9.61. The Morgan fingerprint density at radius 1 is 1.33 bits per heavy atom. The summed E-state index contributed by atoms with van der Waals surface area (Å²) in [5.41, 5.74) is 6.35. The van der Waals surface area contributed by atoms with Gasteiger partial charge in [0.15, 0.2) is 0 Å². The van der Waals surface area contributed by atoms with Crippen LogP contribution in [0.1, 0.15) is 25.3 Å². The van der Waals surface area contributed by atoms with E-state index in [0.29, 0.717) is 12.0 Å². The summed E-state index contributed by atoms with van der Waals surface area (Å²) in [5.74, 6) is 0.316. The van der Waals surface area contributed by atoms with Gasteiger partial charge in [-0.1, -0.05) is 24.3 Å². The topological polar surface area (TPSA) is 29.1 Å². The number of rotatable bonds is 1. The zero-order valence-corrected chi connectivity index (χ0v) is 14.9. The first-order valence-electron chi connectivity index (χ1n) is 8.70. The molecule has 1 spiro atoms. The number of carbonyl (C=O) groups is 1. The molecule has 1 aliphatic carbocycles. The van der Waals surface area contributed by atoms with Crippen LogP contribution in [0.25, 0.3) is 0 Å². The Hall–Kier alpha value is -1.58. The Bertz CT molecular complexity index is 799. The van der Waals surface area contributed by atoms with Crippen molar-refractivity contribution in [3.05, 3.63) is 52.7 Å². The molecule has 0 saturated carbocycles. The van der Waals surface area contributed by atoms with Crippen LogP contribution in [0, 0.1) is 5.92 Å². The van der Waals surface area contributed by atoms with Gasteiger partial charge in [0.1, 0.15) is 18.9 Å². The van der Waals surface area contributed by atoms with Crippen LogP contribution in [-0.4, -0.2) is 36.9 Å². The Morgan fingerprint density at radius 2 is 2.12 bits per heavy atom. The van der Waals surface area contributed by atoms with Crippen LogP contribution >= 0.6 is 0 Å². The van der Waals surface area contributed by atoms with Gasteiger partial charge in [-0.05, 0) is 24.1 Å². The molecule has 1 aromatic carbocycles. The largest absolute Gasteiger partial charge is 1.00 e. The molecule has 2 unspecified atom stereocenters. The van der Waals surface area contributed by atoms with E-state index in [1.54, 1.807) is 0 Å². The van der Waals surface area contributed by atoms with Crippen LogP contribution in [0.5, 0.6) is 0 Å². The molecule has 2 bridgehead atoms. The summed E-state index contributed by atoms with van der Waals surface area (Å²) >= 11 is 0. The minimum absolute atomic E-state index is 0. The predicted molar refractivity (Wildman–Crippen MR) is 91.0 cm³/mol. The van der Waals surface area contributed by atoms with Gasteiger partial charge in [0.05, 0.1) is 19.0 Å². The number of fused-ring (bicyclic) bond motifs is 2. The standard InChI is InChI=1S/C20H22N2O.ClH/c1-3-13-11-22(2)9-8-20-16-6-4-5-7-17(16)21-19(20)15(12-23)14(13)10-18(20)22;/h3-7,12,14,18H,8-11H2,1-2H3;1H/t14-,18-,20?,22?;/m0./s1. The van der Waals surface area contributed by atoms with Gasteiger partial charge in [-0.15, -0.1) is 0 Å². The van der Waals surface area contributed by atoms with Crippen molar-refractivity contribution >= 4 is 12.0 Å². The maximum absolute atomic E-state index is 12.0. The van der Waals surface area contributed by atoms with Gasteiger partial charge >= 0.3 is 0 Å². The van der Waals surface area contributed by atoms with E-state index in [1.165, 1.54) is 29.1 Å². The molecule has 5 rings (SSSR count). The third kappa shape index (κ3) is 1.60. The summed E-state index contributed by atoms with van der Waals surface area (Å²) in [4.78, 5) is 12.0. The molecule has 2 fully saturated rings. The van der Waals surface area contributed by atoms with E-state index in [-0.39, 0.29) is 17.8 Å². The van der Waals surface area contributed by atoms with Crippen molar-refractivity contribution in [2.24, 2.45) is 5.92 Å². The Kier molecular flexibility index (Phi) is 3.29. The molecule has 1 N–H and O–H groups in total. The molecule has 3 nitrogen and oxygen atoms in total. The van der Waals surface area contributed by atoms with E-state index in [2.05, 4.69) is 49.6 Å². The van der Waals surface area contributed by atoms with Gasteiger partial charge in [0.2, 0.25) is 0 Å². The van der Waals surface area contributed by atoms with E-state index < -0.39 is 0 Å². The Morgan fingerprint density at radius 3 is 2.88 bits per heavy atom. The first-order valence-corrected chi connectivity index (χ1v) is 8.70. The highest BCUT2D eigenvalue weighted by Gasteiger charge is 2.67. The molecule has 4 atom stereocenters. The lowest BCUT2D eigenvalue weighted by molar-refractivity contribution is -0.923. The number of piperidine rings is 1. The average Bonchev–Trinajstić information content (AvgIpc) is 3.08. The van der Waals surface area contributed by atoms with Crippen molar-refractivity contribution < 1.29 is 21.7 Å². The zero-order chi connectivity index (χ0) is 15.8. The molecule has 3 heterocycles. The van der Waals surface area contributed by atoms with Crippen molar-refractivity contribution in [2.75, 3.05) is 25.5 Å². The monoisotopic (exact) mass is 342 g/mol. The molecule has 3 aliphatic heterocycles. The number of benzene rings is 1. The summed E-state index contributed by atoms with van der Waals surface area (Å²) < 4.78 is 1.13. The van der Waals surface area contributed by atoms with Gasteiger partial charge in [-0.25, -0.2) is 0 Å². The fourth-order valence-corrected chi connectivity index (χ4v) is 6.07. The smallest absolute Gasteiger partial charge is 0.148 e. The molecule has 0 radical (unpaired) electrons. The van der Waals surface area contributed by atoms with Crippen molar-refractivity contribution in [1.29, 1.82) is 0 Å². The minimum atomic E-state index is 0. The molecule has 126 valence electrons. The van der Waals surface area contributed by atoms with Crippen LogP contribution in [0.4, 0.5) is 5.69 Å². The van der Waals surface area contributed by atoms with Gasteiger partial charge < -0.3 is 22.2 Å². The van der Waals surface area contributed by atoms with Crippen LogP contribution in [0.15, 0.2) is 47.2 Å². The molecule has 2 saturated heterocycles. The summed E-state index contributed by atoms with van der Waals surface area (Å²) in [6.07, 6.45) is 5.65. The number of anilines is 1. The summed E-state index contributed by atoms with van der Waals surface area (Å²) in [6.45, 7) is 4.42. The normalized spacial score (nSPS) is 39.8. The summed E-state index contributed by atoms with van der Waals surface area (Å²) in [7, 11) is 2.42. The number of halogens is 1. The number of hydrogen-bond donors (Lipinski definition) is 1. The first kappa shape index (κ1) is 15.9. The van der Waals surface area contributed by atoms with Crippen molar-refractivity contribution in [3.63, 3.8) is 0 Å². The first-order chi connectivity index (χ1) is 11.1. The number of quaternary nitrogens is 1. The second-order valence-corrected chi connectivity index (χ2v) is 7.87. The van der Waals surface area contributed by atoms with Gasteiger partial charge in [-0.3, -0.25) is 4.79 Å². The number of carbonyl (C=O) groups excluding carboxylic acids is 1. The third-order valence-electron chi connectivity index (χ3n) is 7.06. The van der Waals surface area contributed by atoms with Gasteiger partial charge in [0, 0.05) is 35.7 Å². The molecule has 4 heteroatoms. The van der Waals surface area contributed by atoms with E-state index in [1.807, 2.05) is 0 Å². The van der Waals surface area contributed by atoms with Crippen molar-refractivity contribution in [2.45, 2.75) is 31.2 Å². The lowest BCUT2D eigenvalue weighted by Gasteiger charge is -2.51. The minimum Gasteiger partial charge on any atom is -1.00 e. The highest BCUT2D eigenvalue weighted by atomic mass is 35.5. The maximum Gasteiger partial charge on any atom is 0.148 e. The number of nitrogens with zero attached hydrogens (tertiary/aromatic N) is 1. The quantitative estimate of drug-likeness (QED) is 0.442. The SMILES string of the molecule is CC=C1C[N+]2(C)CCC34C(=C(C=O)[C@H]1C[C@@H]32)Nc1ccccc14.[Cl-]. The Balaban J connectivity index is 0.00000146. The molecule has 24 heavy (non-hydrogen) atoms. The molecule has 0 amide bonds. The Labute approximate surface area is 149 Å².